The van der Waals surface area contributed by atoms with Gasteiger partial charge in [-0.1, -0.05) is 25.4 Å². The number of hydrogen-bond donors (Lipinski definition) is 2. The minimum Gasteiger partial charge on any atom is -0.382 e. The number of hydrogen-bond acceptors (Lipinski definition) is 5. The van der Waals surface area contributed by atoms with Gasteiger partial charge in [0.05, 0.1) is 22.0 Å². The predicted molar refractivity (Wildman–Crippen MR) is 117 cm³/mol. The van der Waals surface area contributed by atoms with Crippen molar-refractivity contribution in [3.05, 3.63) is 58.1 Å². The number of rotatable bonds is 6. The van der Waals surface area contributed by atoms with E-state index in [0.29, 0.717) is 17.5 Å². The van der Waals surface area contributed by atoms with Gasteiger partial charge >= 0.3 is 0 Å². The third-order valence-corrected chi connectivity index (χ3v) is 5.43. The third-order valence-electron chi connectivity index (χ3n) is 5.09. The van der Waals surface area contributed by atoms with Gasteiger partial charge in [-0.3, -0.25) is 9.88 Å². The Morgan fingerprint density at radius 2 is 2.00 bits per heavy atom. The molecule has 0 amide bonds. The van der Waals surface area contributed by atoms with E-state index in [9.17, 15) is 4.39 Å². The van der Waals surface area contributed by atoms with E-state index in [1.807, 2.05) is 18.2 Å². The molecule has 8 heteroatoms. The highest BCUT2D eigenvalue weighted by Gasteiger charge is 2.24. The second kappa shape index (κ2) is 9.41. The number of nitrogens with two attached hydrogens (primary N) is 2. The lowest BCUT2D eigenvalue weighted by Crippen LogP contribution is -2.46. The van der Waals surface area contributed by atoms with Gasteiger partial charge in [0.25, 0.3) is 0 Å². The number of anilines is 1. The average Bonchev–Trinajstić information content (AvgIpc) is 2.69. The lowest BCUT2D eigenvalue weighted by atomic mass is 9.98. The minimum atomic E-state index is -0.382. The van der Waals surface area contributed by atoms with E-state index in [-0.39, 0.29) is 17.2 Å². The summed E-state index contributed by atoms with van der Waals surface area (Å²) in [7, 11) is 0. The van der Waals surface area contributed by atoms with Gasteiger partial charge in [-0.2, -0.15) is 5.10 Å². The van der Waals surface area contributed by atoms with Crippen molar-refractivity contribution >= 4 is 23.1 Å². The van der Waals surface area contributed by atoms with Crippen molar-refractivity contribution in [1.82, 2.24) is 9.88 Å². The average molecular weight is 419 g/mol. The van der Waals surface area contributed by atoms with Crippen molar-refractivity contribution in [3.63, 3.8) is 0 Å². The van der Waals surface area contributed by atoms with E-state index in [1.165, 1.54) is 6.07 Å². The number of pyridine rings is 1. The number of halogens is 2. The molecule has 29 heavy (non-hydrogen) atoms. The van der Waals surface area contributed by atoms with E-state index >= 15 is 0 Å². The summed E-state index contributed by atoms with van der Waals surface area (Å²) in [5, 5.41) is 4.21. The second-order valence-corrected chi connectivity index (χ2v) is 8.19. The quantitative estimate of drug-likeness (QED) is 0.326. The zero-order valence-corrected chi connectivity index (χ0v) is 17.7. The molecule has 0 unspecified atom stereocenters. The molecule has 1 aromatic heterocycles. The van der Waals surface area contributed by atoms with Crippen LogP contribution in [0.3, 0.4) is 0 Å². The first-order valence-corrected chi connectivity index (χ1v) is 10.2. The van der Waals surface area contributed by atoms with E-state index in [2.05, 4.69) is 33.7 Å². The van der Waals surface area contributed by atoms with Gasteiger partial charge in [0.15, 0.2) is 5.84 Å². The summed E-state index contributed by atoms with van der Waals surface area (Å²) in [5.74, 6) is 5.42. The summed E-state index contributed by atoms with van der Waals surface area (Å²) in [6, 6.07) is 7.23. The Kier molecular flexibility index (Phi) is 6.92. The molecule has 0 saturated carbocycles. The van der Waals surface area contributed by atoms with Crippen LogP contribution in [0.2, 0.25) is 5.02 Å². The van der Waals surface area contributed by atoms with E-state index in [0.717, 1.165) is 49.5 Å². The fraction of sp³-hybridized carbons (Fsp3) is 0.429. The summed E-state index contributed by atoms with van der Waals surface area (Å²) in [6.07, 6.45) is 2.55. The van der Waals surface area contributed by atoms with Gasteiger partial charge in [-0.25, -0.2) is 4.39 Å². The van der Waals surface area contributed by atoms with Crippen LogP contribution in [0.5, 0.6) is 0 Å². The molecule has 4 N–H and O–H groups in total. The first kappa shape index (κ1) is 21.3. The number of benzene rings is 1. The van der Waals surface area contributed by atoms with Crippen LogP contribution in [0.4, 0.5) is 10.1 Å². The Balaban J connectivity index is 1.79. The normalized spacial score (nSPS) is 15.9. The fourth-order valence-corrected chi connectivity index (χ4v) is 3.88. The molecule has 0 atom stereocenters. The maximum absolute atomic E-state index is 14.9. The van der Waals surface area contributed by atoms with Gasteiger partial charge in [0.1, 0.15) is 5.82 Å². The van der Waals surface area contributed by atoms with Crippen molar-refractivity contribution in [2.75, 3.05) is 31.1 Å². The lowest BCUT2D eigenvalue weighted by molar-refractivity contribution is 0.247. The summed E-state index contributed by atoms with van der Waals surface area (Å²) < 4.78 is 14.9. The number of piperazine rings is 1. The molecule has 1 aromatic carbocycles. The van der Waals surface area contributed by atoms with E-state index in [4.69, 9.17) is 23.2 Å². The maximum Gasteiger partial charge on any atom is 0.155 e. The fourth-order valence-electron chi connectivity index (χ4n) is 3.70. The molecule has 1 aliphatic rings. The molecule has 6 nitrogen and oxygen atoms in total. The lowest BCUT2D eigenvalue weighted by Gasteiger charge is -2.37. The third kappa shape index (κ3) is 5.16. The van der Waals surface area contributed by atoms with Crippen LogP contribution < -0.4 is 16.5 Å². The molecule has 0 spiro atoms. The largest absolute Gasteiger partial charge is 0.382 e. The molecule has 1 saturated heterocycles. The zero-order valence-electron chi connectivity index (χ0n) is 16.9. The van der Waals surface area contributed by atoms with Crippen LogP contribution in [0, 0.1) is 11.7 Å². The van der Waals surface area contributed by atoms with Crippen LogP contribution in [0.15, 0.2) is 35.6 Å². The summed E-state index contributed by atoms with van der Waals surface area (Å²) in [5.41, 5.74) is 8.77. The Bertz CT molecular complexity index is 877. The molecular formula is C21H28ClFN6. The Morgan fingerprint density at radius 1 is 1.28 bits per heavy atom. The topological polar surface area (TPSA) is 83.8 Å². The van der Waals surface area contributed by atoms with Crippen molar-refractivity contribution in [2.45, 2.75) is 26.8 Å². The van der Waals surface area contributed by atoms with Crippen LogP contribution in [0.1, 0.15) is 30.7 Å². The molecule has 2 heterocycles. The highest BCUT2D eigenvalue weighted by atomic mass is 35.5. The maximum atomic E-state index is 14.9. The smallest absolute Gasteiger partial charge is 0.155 e. The zero-order chi connectivity index (χ0) is 21.0. The van der Waals surface area contributed by atoms with E-state index in [1.54, 1.807) is 6.20 Å². The predicted octanol–water partition coefficient (Wildman–Crippen LogP) is 2.97. The number of amidine groups is 1. The van der Waals surface area contributed by atoms with Crippen molar-refractivity contribution in [3.8, 4) is 0 Å². The minimum absolute atomic E-state index is 0.0105. The summed E-state index contributed by atoms with van der Waals surface area (Å²) in [4.78, 5) is 8.81. The van der Waals surface area contributed by atoms with Gasteiger partial charge in [0.2, 0.25) is 0 Å². The highest BCUT2D eigenvalue weighted by Crippen LogP contribution is 2.28. The molecule has 0 bridgehead atoms. The second-order valence-electron chi connectivity index (χ2n) is 7.78. The van der Waals surface area contributed by atoms with Crippen molar-refractivity contribution in [2.24, 2.45) is 22.6 Å². The van der Waals surface area contributed by atoms with Crippen molar-refractivity contribution in [1.29, 1.82) is 0 Å². The van der Waals surface area contributed by atoms with Gasteiger partial charge in [-0.05, 0) is 42.2 Å². The molecule has 1 fully saturated rings. The SMILES string of the molecule is CC(C)Cc1cc(F)c(/C(N)=N/N)c(N2CCN(Cc3ncccc3Cl)CC2)c1. The Hall–Kier alpha value is -2.38. The summed E-state index contributed by atoms with van der Waals surface area (Å²) in [6.45, 7) is 8.00. The van der Waals surface area contributed by atoms with Crippen LogP contribution in [-0.2, 0) is 13.0 Å². The van der Waals surface area contributed by atoms with Crippen LogP contribution in [0.25, 0.3) is 0 Å². The Labute approximate surface area is 176 Å². The molecule has 0 radical (unpaired) electrons. The molecular weight excluding hydrogens is 391 g/mol. The number of nitrogens with zero attached hydrogens (tertiary/aromatic N) is 4. The molecule has 3 rings (SSSR count). The van der Waals surface area contributed by atoms with Crippen molar-refractivity contribution < 1.29 is 4.39 Å². The van der Waals surface area contributed by atoms with Gasteiger partial charge in [-0.15, -0.1) is 0 Å². The van der Waals surface area contributed by atoms with Gasteiger partial charge in [0, 0.05) is 38.9 Å². The first-order valence-electron chi connectivity index (χ1n) is 9.82. The van der Waals surface area contributed by atoms with Crippen LogP contribution in [-0.4, -0.2) is 41.9 Å². The Morgan fingerprint density at radius 3 is 2.62 bits per heavy atom. The van der Waals surface area contributed by atoms with E-state index < -0.39 is 0 Å². The summed E-state index contributed by atoms with van der Waals surface area (Å²) >= 11 is 6.24. The van der Waals surface area contributed by atoms with Crippen LogP contribution >= 0.6 is 11.6 Å². The molecule has 156 valence electrons. The highest BCUT2D eigenvalue weighted by molar-refractivity contribution is 6.31. The molecule has 1 aliphatic heterocycles. The molecule has 0 aliphatic carbocycles. The molecule has 2 aromatic rings. The monoisotopic (exact) mass is 418 g/mol. The standard InChI is InChI=1S/C21H28ClFN6/c1-14(2)10-15-11-17(23)20(21(24)27-25)19(12-15)29-8-6-28(7-9-29)13-18-16(22)4-3-5-26-18/h3-5,11-12,14H,6-10,13,25H2,1-2H3,(H2,24,27). The first-order chi connectivity index (χ1) is 13.9. The van der Waals surface area contributed by atoms with Gasteiger partial charge < -0.3 is 16.5 Å². The number of hydrazone groups is 1. The number of aromatic nitrogens is 1.